The number of anilines is 3. The third-order valence-electron chi connectivity index (χ3n) is 10.9. The Hall–Kier alpha value is -8.17. The van der Waals surface area contributed by atoms with E-state index < -0.39 is 12.6 Å². The number of aromatic nitrogens is 12. The van der Waals surface area contributed by atoms with E-state index in [1.165, 1.54) is 54.9 Å². The van der Waals surface area contributed by atoms with E-state index in [1.54, 1.807) is 43.9 Å². The number of nitrogens with one attached hydrogen (secondary N) is 4. The number of methoxy groups -OCH3 is 8. The smallest absolute Gasteiger partial charge is 0.302 e. The second-order valence-electron chi connectivity index (χ2n) is 16.2. The van der Waals surface area contributed by atoms with Crippen LogP contribution in [0.1, 0.15) is 46.5 Å². The summed E-state index contributed by atoms with van der Waals surface area (Å²) in [7, 11) is 12.3. The number of aromatic amines is 2. The number of imidazole rings is 3. The summed E-state index contributed by atoms with van der Waals surface area (Å²) in [6.45, 7) is 6.25. The average Bonchev–Trinajstić information content (AvgIpc) is 4.22. The van der Waals surface area contributed by atoms with Crippen molar-refractivity contribution >= 4 is 63.3 Å². The van der Waals surface area contributed by atoms with Crippen LogP contribution >= 0.6 is 0 Å². The number of aliphatic hydroxyl groups is 1. The molecule has 0 aliphatic heterocycles. The lowest BCUT2D eigenvalue weighted by atomic mass is 10.0. The maximum absolute atomic E-state index is 11.7. The van der Waals surface area contributed by atoms with Crippen LogP contribution in [0.3, 0.4) is 0 Å². The first-order chi connectivity index (χ1) is 37.6. The number of hydrogen-bond donors (Lipinski definition) is 6. The molecule has 0 unspecified atom stereocenters. The summed E-state index contributed by atoms with van der Waals surface area (Å²) in [5, 5.41) is 9.49. The van der Waals surface area contributed by atoms with Gasteiger partial charge in [-0.05, 0) is 12.3 Å². The molecule has 428 valence electrons. The second kappa shape index (κ2) is 34.5. The lowest BCUT2D eigenvalue weighted by molar-refractivity contribution is -0.146. The number of rotatable bonds is 28. The van der Waals surface area contributed by atoms with Crippen molar-refractivity contribution < 1.29 is 71.7 Å². The molecule has 3 atom stereocenters. The van der Waals surface area contributed by atoms with Gasteiger partial charge in [-0.25, -0.2) is 15.0 Å². The third-order valence-corrected chi connectivity index (χ3v) is 10.9. The van der Waals surface area contributed by atoms with Gasteiger partial charge in [0.05, 0.1) is 46.4 Å². The number of nitrogen functional groups attached to an aromatic ring is 1. The highest BCUT2D eigenvalue weighted by molar-refractivity contribution is 5.78. The molecule has 7 N–H and O–H groups in total. The van der Waals surface area contributed by atoms with Crippen LogP contribution in [0.15, 0.2) is 23.8 Å². The Morgan fingerprint density at radius 3 is 1.65 bits per heavy atom. The van der Waals surface area contributed by atoms with Gasteiger partial charge in [-0.15, -0.1) is 0 Å². The zero-order valence-electron chi connectivity index (χ0n) is 45.3. The molecule has 0 radical (unpaired) electrons. The van der Waals surface area contributed by atoms with Crippen LogP contribution in [0.2, 0.25) is 0 Å². The Morgan fingerprint density at radius 2 is 1.15 bits per heavy atom. The Kier molecular flexibility index (Phi) is 28.3. The highest BCUT2D eigenvalue weighted by Crippen LogP contribution is 2.25. The molecular formula is C47H69N15O16. The molecule has 31 heteroatoms. The number of nitrogens with two attached hydrogens (primary N) is 1. The Labute approximate surface area is 448 Å². The normalized spacial score (nSPS) is 12.0. The number of hydrogen-bond acceptors (Lipinski definition) is 27. The minimum absolute atomic E-state index is 0.0291. The number of nitrogens with zero attached hydrogens (tertiary/aromatic N) is 10. The van der Waals surface area contributed by atoms with Crippen LogP contribution in [0.25, 0.3) is 33.5 Å². The van der Waals surface area contributed by atoms with Crippen molar-refractivity contribution in [2.45, 2.75) is 78.4 Å². The standard InChI is InChI=1S/C17H23N5O6.C12H19N5O4.C10H20O4.C8H7N5O2/c1-6-28-21-17-19-15-14(16(20-17)26-5)18-10-22(15)8-12(9-27-11(2)23)7-13(24-3)25-4;1-20-8(21-2)3-7(5-18)4-17-6-14-9-10(17)15-12(13)16-11(9)19;1-5-9(7-14-8(2)11)6-10(12-3)13-4;1-3-15-13-8-11-6-5(9-4-10-6)7(12-8)14-2/h1,10,12-13H,7-9H2,2-5H3,(H,19,20,21);6-8,18H,3-5H2,1-2H3,(H3,13,15,16,19);9-10H,5-7H2,1-4H3;1,4H,2H3,(H2,9,10,11,12,13)/t12-;7-;9-;/m110./s1. The summed E-state index contributed by atoms with van der Waals surface area (Å²) in [6.07, 6.45) is 20.1. The fourth-order valence-electron chi connectivity index (χ4n) is 6.96. The van der Waals surface area contributed by atoms with Gasteiger partial charge in [-0.1, -0.05) is 19.8 Å². The van der Waals surface area contributed by atoms with E-state index in [0.29, 0.717) is 72.3 Å². The van der Waals surface area contributed by atoms with Crippen LogP contribution in [0.4, 0.5) is 17.8 Å². The number of carbonyl (C=O) groups is 2. The topological polar surface area (TPSA) is 377 Å². The lowest BCUT2D eigenvalue weighted by Gasteiger charge is -2.22. The molecule has 78 heavy (non-hydrogen) atoms. The average molecular weight is 1100 g/mol. The van der Waals surface area contributed by atoms with Crippen LogP contribution in [-0.4, -0.2) is 172 Å². The van der Waals surface area contributed by atoms with Gasteiger partial charge in [0, 0.05) is 107 Å². The largest absolute Gasteiger partial charge is 0.479 e. The Balaban J connectivity index is 0.000000285. The highest BCUT2D eigenvalue weighted by atomic mass is 16.7. The van der Waals surface area contributed by atoms with E-state index in [2.05, 4.69) is 77.4 Å². The maximum Gasteiger partial charge on any atom is 0.302 e. The SMILES string of the molecule is C#CONc1nc(OC)c2[nH]cnc2n1.C#CONc1nc(OC)c2ncn(C[C@H](COC(C)=O)CC(OC)OC)c2n1.CC[C@H](COC(C)=O)CC(OC)OC.COC(C[C@@H](CO)Cn1cnc2c(=O)[nH]c(N)nc21)OC. The van der Waals surface area contributed by atoms with Gasteiger partial charge < -0.3 is 82.0 Å². The van der Waals surface area contributed by atoms with Gasteiger partial charge >= 0.3 is 11.9 Å². The molecule has 0 spiro atoms. The lowest BCUT2D eigenvalue weighted by Crippen LogP contribution is -2.25. The van der Waals surface area contributed by atoms with Crippen molar-refractivity contribution in [3.63, 3.8) is 0 Å². The van der Waals surface area contributed by atoms with E-state index in [9.17, 15) is 19.5 Å². The number of ether oxygens (including phenoxy) is 10. The number of fused-ring (bicyclic) bond motifs is 3. The van der Waals surface area contributed by atoms with Gasteiger partial charge in [-0.2, -0.15) is 35.9 Å². The Morgan fingerprint density at radius 1 is 0.679 bits per heavy atom. The summed E-state index contributed by atoms with van der Waals surface area (Å²) < 4.78 is 54.8. The molecule has 0 fully saturated rings. The minimum atomic E-state index is -0.444. The first-order valence-electron chi connectivity index (χ1n) is 23.6. The van der Waals surface area contributed by atoms with Gasteiger partial charge in [0.15, 0.2) is 46.8 Å². The number of carbonyl (C=O) groups excluding carboxylic acids is 2. The zero-order valence-corrected chi connectivity index (χ0v) is 45.3. The monoisotopic (exact) mass is 1100 g/mol. The summed E-state index contributed by atoms with van der Waals surface area (Å²) in [5.41, 5.74) is 12.6. The summed E-state index contributed by atoms with van der Waals surface area (Å²) in [5.74, 6) is 0.390. The fourth-order valence-corrected chi connectivity index (χ4v) is 6.96. The molecule has 0 aliphatic rings. The van der Waals surface area contributed by atoms with E-state index in [4.69, 9.17) is 65.9 Å². The van der Waals surface area contributed by atoms with Crippen LogP contribution in [0, 0.1) is 42.8 Å². The second-order valence-corrected chi connectivity index (χ2v) is 16.2. The van der Waals surface area contributed by atoms with Crippen LogP contribution in [0.5, 0.6) is 11.8 Å². The molecule has 0 amide bonds. The van der Waals surface area contributed by atoms with Gasteiger partial charge in [0.2, 0.25) is 17.7 Å². The quantitative estimate of drug-likeness (QED) is 0.0177. The number of terminal acetylenes is 2. The van der Waals surface area contributed by atoms with E-state index in [-0.39, 0.29) is 78.1 Å². The molecule has 6 heterocycles. The van der Waals surface area contributed by atoms with Crippen molar-refractivity contribution in [1.29, 1.82) is 0 Å². The molecule has 0 aliphatic carbocycles. The first kappa shape index (κ1) is 64.1. The van der Waals surface area contributed by atoms with Crippen molar-refractivity contribution in [1.82, 2.24) is 59.0 Å². The van der Waals surface area contributed by atoms with Gasteiger partial charge in [-0.3, -0.25) is 19.4 Å². The Bertz CT molecular complexity index is 2870. The molecule has 0 saturated carbocycles. The van der Waals surface area contributed by atoms with E-state index in [0.717, 1.165) is 12.8 Å². The molecule has 6 aromatic rings. The molecule has 0 bridgehead atoms. The zero-order chi connectivity index (χ0) is 57.6. The third kappa shape index (κ3) is 20.4. The molecule has 6 aromatic heterocycles. The summed E-state index contributed by atoms with van der Waals surface area (Å²) in [6, 6.07) is 0. The van der Waals surface area contributed by atoms with Crippen LogP contribution in [-0.2, 0) is 70.2 Å². The van der Waals surface area contributed by atoms with Gasteiger partial charge in [0.25, 0.3) is 17.5 Å². The maximum atomic E-state index is 11.7. The van der Waals surface area contributed by atoms with E-state index >= 15 is 0 Å². The number of esters is 2. The van der Waals surface area contributed by atoms with Crippen molar-refractivity contribution in [3.8, 4) is 36.8 Å². The van der Waals surface area contributed by atoms with Gasteiger partial charge in [0.1, 0.15) is 17.7 Å². The molecule has 31 nitrogen and oxygen atoms in total. The summed E-state index contributed by atoms with van der Waals surface area (Å²) in [4.78, 5) is 80.9. The predicted octanol–water partition coefficient (Wildman–Crippen LogP) is 2.16. The minimum Gasteiger partial charge on any atom is -0.479 e. The van der Waals surface area contributed by atoms with Crippen molar-refractivity contribution in [3.05, 3.63) is 29.3 Å². The summed E-state index contributed by atoms with van der Waals surface area (Å²) >= 11 is 0. The predicted molar refractivity (Wildman–Crippen MR) is 278 cm³/mol. The molecule has 0 saturated heterocycles. The van der Waals surface area contributed by atoms with E-state index in [1.807, 2.05) is 12.2 Å². The molecule has 6 rings (SSSR count). The molecular weight excluding hydrogens is 1030 g/mol. The van der Waals surface area contributed by atoms with Crippen molar-refractivity contribution in [2.24, 2.45) is 17.8 Å². The first-order valence-corrected chi connectivity index (χ1v) is 23.6. The number of aliphatic hydroxyl groups excluding tert-OH is 1. The van der Waals surface area contributed by atoms with Crippen LogP contribution < -0.4 is 31.7 Å². The number of H-pyrrole nitrogens is 2. The highest BCUT2D eigenvalue weighted by Gasteiger charge is 2.23. The fraction of sp³-hybridized carbons (Fsp3) is 0.553. The molecule has 0 aromatic carbocycles. The van der Waals surface area contributed by atoms with Crippen molar-refractivity contribution in [2.75, 3.05) is 93.4 Å².